The molecule has 6 heteroatoms. The first kappa shape index (κ1) is 14.3. The first-order valence-corrected chi connectivity index (χ1v) is 9.42. The van der Waals surface area contributed by atoms with Crippen LogP contribution < -0.4 is 0 Å². The summed E-state index contributed by atoms with van der Waals surface area (Å²) < 4.78 is 29.1. The van der Waals surface area contributed by atoms with Crippen LogP contribution in [0.1, 0.15) is 32.6 Å². The molecule has 0 aromatic rings. The molecule has 0 spiro atoms. The summed E-state index contributed by atoms with van der Waals surface area (Å²) in [5.74, 6) is 0.758. The first-order valence-electron chi connectivity index (χ1n) is 7.60. The Labute approximate surface area is 120 Å². The molecule has 1 aliphatic carbocycles. The predicted molar refractivity (Wildman–Crippen MR) is 75.0 cm³/mol. The second-order valence-electron chi connectivity index (χ2n) is 6.42. The number of amides is 1. The Morgan fingerprint density at radius 3 is 2.65 bits per heavy atom. The molecule has 3 rings (SSSR count). The molecule has 114 valence electrons. The van der Waals surface area contributed by atoms with E-state index in [9.17, 15) is 13.2 Å². The van der Waals surface area contributed by atoms with Crippen LogP contribution in [0, 0.1) is 11.8 Å². The largest absolute Gasteiger partial charge is 0.373 e. The van der Waals surface area contributed by atoms with Gasteiger partial charge in [-0.2, -0.15) is 0 Å². The Bertz CT molecular complexity index is 483. The molecular weight excluding hydrogens is 278 g/mol. The average Bonchev–Trinajstić information content (AvgIpc) is 3.01. The second-order valence-corrected chi connectivity index (χ2v) is 8.57. The van der Waals surface area contributed by atoms with Gasteiger partial charge >= 0.3 is 0 Å². The van der Waals surface area contributed by atoms with E-state index in [1.54, 1.807) is 4.90 Å². The van der Waals surface area contributed by atoms with Gasteiger partial charge in [0.05, 0.1) is 30.3 Å². The molecule has 5 nitrogen and oxygen atoms in total. The van der Waals surface area contributed by atoms with Crippen molar-refractivity contribution in [1.29, 1.82) is 0 Å². The van der Waals surface area contributed by atoms with Gasteiger partial charge < -0.3 is 9.64 Å². The number of nitrogens with zero attached hydrogens (tertiary/aromatic N) is 1. The van der Waals surface area contributed by atoms with E-state index >= 15 is 0 Å². The SMILES string of the molecule is CC(C(=O)N1CCOC2CS(=O)(=O)CC21)C1CCCC1. The van der Waals surface area contributed by atoms with Crippen molar-refractivity contribution in [3.63, 3.8) is 0 Å². The van der Waals surface area contributed by atoms with Crippen molar-refractivity contribution in [3.05, 3.63) is 0 Å². The van der Waals surface area contributed by atoms with Gasteiger partial charge in [0, 0.05) is 12.5 Å². The van der Waals surface area contributed by atoms with Crippen LogP contribution in [0.5, 0.6) is 0 Å². The number of morpholine rings is 1. The fourth-order valence-electron chi connectivity index (χ4n) is 3.91. The van der Waals surface area contributed by atoms with E-state index in [0.29, 0.717) is 19.1 Å². The highest BCUT2D eigenvalue weighted by atomic mass is 32.2. The minimum Gasteiger partial charge on any atom is -0.373 e. The van der Waals surface area contributed by atoms with Crippen LogP contribution in [-0.2, 0) is 19.4 Å². The van der Waals surface area contributed by atoms with E-state index in [4.69, 9.17) is 4.74 Å². The number of ether oxygens (including phenoxy) is 1. The summed E-state index contributed by atoms with van der Waals surface area (Å²) in [6.07, 6.45) is 4.37. The van der Waals surface area contributed by atoms with Gasteiger partial charge in [-0.1, -0.05) is 19.8 Å². The standard InChI is InChI=1S/C14H23NO4S/c1-10(11-4-2-3-5-11)14(16)15-6-7-19-13-9-20(17,18)8-12(13)15/h10-13H,2-9H2,1H3. The van der Waals surface area contributed by atoms with Gasteiger partial charge in [0.25, 0.3) is 0 Å². The lowest BCUT2D eigenvalue weighted by molar-refractivity contribution is -0.148. The van der Waals surface area contributed by atoms with Gasteiger partial charge in [-0.05, 0) is 18.8 Å². The lowest BCUT2D eigenvalue weighted by Crippen LogP contribution is -2.55. The van der Waals surface area contributed by atoms with Gasteiger partial charge in [-0.3, -0.25) is 4.79 Å². The maximum atomic E-state index is 12.7. The second kappa shape index (κ2) is 5.30. The van der Waals surface area contributed by atoms with Crippen molar-refractivity contribution in [2.24, 2.45) is 11.8 Å². The number of hydrogen-bond acceptors (Lipinski definition) is 4. The Hall–Kier alpha value is -0.620. The van der Waals surface area contributed by atoms with E-state index in [1.165, 1.54) is 12.8 Å². The number of hydrogen-bond donors (Lipinski definition) is 0. The third-order valence-electron chi connectivity index (χ3n) is 5.12. The molecule has 1 saturated carbocycles. The van der Waals surface area contributed by atoms with Gasteiger partial charge in [0.15, 0.2) is 9.84 Å². The summed E-state index contributed by atoms with van der Waals surface area (Å²) in [5, 5.41) is 0. The molecule has 0 aromatic carbocycles. The van der Waals surface area contributed by atoms with Crippen molar-refractivity contribution in [3.8, 4) is 0 Å². The van der Waals surface area contributed by atoms with Crippen LogP contribution in [0.25, 0.3) is 0 Å². The predicted octanol–water partition coefficient (Wildman–Crippen LogP) is 0.837. The fourth-order valence-corrected chi connectivity index (χ4v) is 5.78. The molecule has 2 saturated heterocycles. The normalized spacial score (nSPS) is 35.0. The van der Waals surface area contributed by atoms with Crippen molar-refractivity contribution in [1.82, 2.24) is 4.90 Å². The molecule has 2 aliphatic heterocycles. The smallest absolute Gasteiger partial charge is 0.226 e. The maximum Gasteiger partial charge on any atom is 0.226 e. The lowest BCUT2D eigenvalue weighted by Gasteiger charge is -2.39. The van der Waals surface area contributed by atoms with E-state index < -0.39 is 9.84 Å². The lowest BCUT2D eigenvalue weighted by atomic mass is 9.90. The van der Waals surface area contributed by atoms with Crippen LogP contribution in [0.3, 0.4) is 0 Å². The topological polar surface area (TPSA) is 63.7 Å². The molecule has 3 unspecified atom stereocenters. The third kappa shape index (κ3) is 2.60. The first-order chi connectivity index (χ1) is 9.48. The number of carbonyl (C=O) groups excluding carboxylic acids is 1. The number of sulfone groups is 1. The average molecular weight is 301 g/mol. The van der Waals surface area contributed by atoms with Crippen LogP contribution in [0.4, 0.5) is 0 Å². The van der Waals surface area contributed by atoms with E-state index in [2.05, 4.69) is 0 Å². The molecule has 3 fully saturated rings. The zero-order valence-corrected chi connectivity index (χ0v) is 12.8. The fraction of sp³-hybridized carbons (Fsp3) is 0.929. The minimum absolute atomic E-state index is 0.0135. The summed E-state index contributed by atoms with van der Waals surface area (Å²) in [7, 11) is -3.06. The number of carbonyl (C=O) groups is 1. The highest BCUT2D eigenvalue weighted by molar-refractivity contribution is 7.91. The van der Waals surface area contributed by atoms with Crippen molar-refractivity contribution in [2.75, 3.05) is 24.7 Å². The molecule has 0 bridgehead atoms. The zero-order valence-electron chi connectivity index (χ0n) is 12.0. The summed E-state index contributed by atoms with van der Waals surface area (Å²) >= 11 is 0. The van der Waals surface area contributed by atoms with Crippen LogP contribution in [0.2, 0.25) is 0 Å². The molecular formula is C14H23NO4S. The van der Waals surface area contributed by atoms with Crippen molar-refractivity contribution in [2.45, 2.75) is 44.8 Å². The van der Waals surface area contributed by atoms with E-state index in [-0.39, 0.29) is 35.5 Å². The van der Waals surface area contributed by atoms with E-state index in [1.807, 2.05) is 6.92 Å². The quantitative estimate of drug-likeness (QED) is 0.758. The van der Waals surface area contributed by atoms with Crippen LogP contribution in [0.15, 0.2) is 0 Å². The molecule has 0 N–H and O–H groups in total. The van der Waals surface area contributed by atoms with Crippen molar-refractivity contribution < 1.29 is 17.9 Å². The molecule has 20 heavy (non-hydrogen) atoms. The maximum absolute atomic E-state index is 12.7. The highest BCUT2D eigenvalue weighted by Crippen LogP contribution is 2.34. The molecule has 2 heterocycles. The Morgan fingerprint density at radius 1 is 1.25 bits per heavy atom. The number of fused-ring (bicyclic) bond motifs is 1. The molecule has 3 atom stereocenters. The van der Waals surface area contributed by atoms with E-state index in [0.717, 1.165) is 12.8 Å². The molecule has 0 aromatic heterocycles. The molecule has 1 amide bonds. The Morgan fingerprint density at radius 2 is 1.95 bits per heavy atom. The summed E-state index contributed by atoms with van der Waals surface area (Å²) in [6.45, 7) is 3.00. The van der Waals surface area contributed by atoms with Crippen LogP contribution in [-0.4, -0.2) is 56.0 Å². The van der Waals surface area contributed by atoms with Gasteiger partial charge in [-0.15, -0.1) is 0 Å². The van der Waals surface area contributed by atoms with Gasteiger partial charge in [-0.25, -0.2) is 8.42 Å². The van der Waals surface area contributed by atoms with Gasteiger partial charge in [0.2, 0.25) is 5.91 Å². The molecule has 3 aliphatic rings. The third-order valence-corrected chi connectivity index (χ3v) is 6.80. The van der Waals surface area contributed by atoms with Gasteiger partial charge in [0.1, 0.15) is 0 Å². The van der Waals surface area contributed by atoms with Crippen molar-refractivity contribution >= 4 is 15.7 Å². The monoisotopic (exact) mass is 301 g/mol. The highest BCUT2D eigenvalue weighted by Gasteiger charge is 2.46. The molecule has 0 radical (unpaired) electrons. The summed E-state index contributed by atoms with van der Waals surface area (Å²) in [5.41, 5.74) is 0. The Kier molecular flexibility index (Phi) is 3.79. The van der Waals surface area contributed by atoms with Crippen LogP contribution >= 0.6 is 0 Å². The zero-order chi connectivity index (χ0) is 14.3. The number of rotatable bonds is 2. The summed E-state index contributed by atoms with van der Waals surface area (Å²) in [4.78, 5) is 14.5. The summed E-state index contributed by atoms with van der Waals surface area (Å²) in [6, 6.07) is -0.259. The Balaban J connectivity index is 1.73. The minimum atomic E-state index is -3.06.